The molecule has 1 N–H and O–H groups in total. The van der Waals surface area contributed by atoms with Gasteiger partial charge in [-0.2, -0.15) is 11.3 Å². The number of anilines is 1. The van der Waals surface area contributed by atoms with E-state index in [9.17, 15) is 9.90 Å². The van der Waals surface area contributed by atoms with Crippen molar-refractivity contribution in [3.05, 3.63) is 35.4 Å². The lowest BCUT2D eigenvalue weighted by atomic mass is 9.81. The van der Waals surface area contributed by atoms with Crippen molar-refractivity contribution in [2.75, 3.05) is 31.1 Å². The van der Waals surface area contributed by atoms with Gasteiger partial charge in [0.05, 0.1) is 18.0 Å². The standard InChI is InChI=1S/C19H21N5O2S/c25-15-9-14(10-15)19(26)23-6-4-22(5-7-23)17-18-20-2-3-24(18)16(11-21-17)13-1-8-27-12-13/h1-3,8,11-12,14-15,25H,4-7,9-10H2. The van der Waals surface area contributed by atoms with Gasteiger partial charge >= 0.3 is 0 Å². The number of hydrogen-bond donors (Lipinski definition) is 1. The van der Waals surface area contributed by atoms with Gasteiger partial charge in [0, 0.05) is 55.4 Å². The second-order valence-corrected chi connectivity index (χ2v) is 8.01. The fourth-order valence-corrected chi connectivity index (χ4v) is 4.59. The quantitative estimate of drug-likeness (QED) is 0.748. The van der Waals surface area contributed by atoms with Gasteiger partial charge < -0.3 is 14.9 Å². The summed E-state index contributed by atoms with van der Waals surface area (Å²) in [5.74, 6) is 1.06. The van der Waals surface area contributed by atoms with E-state index in [1.165, 1.54) is 0 Å². The van der Waals surface area contributed by atoms with Crippen molar-refractivity contribution in [1.82, 2.24) is 19.3 Å². The van der Waals surface area contributed by atoms with E-state index in [0.717, 1.165) is 35.8 Å². The Morgan fingerprint density at radius 3 is 2.70 bits per heavy atom. The summed E-state index contributed by atoms with van der Waals surface area (Å²) in [5, 5.41) is 13.6. The second-order valence-electron chi connectivity index (χ2n) is 7.23. The van der Waals surface area contributed by atoms with Crippen molar-refractivity contribution in [2.24, 2.45) is 5.92 Å². The number of imidazole rings is 1. The molecular weight excluding hydrogens is 362 g/mol. The first kappa shape index (κ1) is 16.7. The third-order valence-corrected chi connectivity index (χ3v) is 6.26. The molecule has 27 heavy (non-hydrogen) atoms. The molecule has 1 saturated heterocycles. The molecule has 0 unspecified atom stereocenters. The number of carbonyl (C=O) groups excluding carboxylic acids is 1. The van der Waals surface area contributed by atoms with Crippen molar-refractivity contribution < 1.29 is 9.90 Å². The monoisotopic (exact) mass is 383 g/mol. The van der Waals surface area contributed by atoms with Crippen molar-refractivity contribution in [3.63, 3.8) is 0 Å². The summed E-state index contributed by atoms with van der Waals surface area (Å²) in [6.07, 6.45) is 6.60. The number of piperazine rings is 1. The van der Waals surface area contributed by atoms with Crippen molar-refractivity contribution in [3.8, 4) is 11.3 Å². The Labute approximate surface area is 160 Å². The number of nitrogens with zero attached hydrogens (tertiary/aromatic N) is 5. The van der Waals surface area contributed by atoms with Crippen LogP contribution >= 0.6 is 11.3 Å². The molecule has 7 nitrogen and oxygen atoms in total. The van der Waals surface area contributed by atoms with Gasteiger partial charge in [0.25, 0.3) is 0 Å². The van der Waals surface area contributed by atoms with Crippen LogP contribution in [0.3, 0.4) is 0 Å². The maximum atomic E-state index is 12.5. The number of fused-ring (bicyclic) bond motifs is 1. The third-order valence-electron chi connectivity index (χ3n) is 5.58. The number of amides is 1. The van der Waals surface area contributed by atoms with E-state index in [4.69, 9.17) is 4.98 Å². The zero-order valence-electron chi connectivity index (χ0n) is 14.9. The largest absolute Gasteiger partial charge is 0.393 e. The molecule has 1 aliphatic carbocycles. The topological polar surface area (TPSA) is 74.0 Å². The number of aliphatic hydroxyl groups excluding tert-OH is 1. The molecule has 2 fully saturated rings. The Morgan fingerprint density at radius 2 is 2.00 bits per heavy atom. The van der Waals surface area contributed by atoms with Crippen molar-refractivity contribution >= 4 is 28.7 Å². The molecule has 1 aliphatic heterocycles. The van der Waals surface area contributed by atoms with Crippen LogP contribution in [0.2, 0.25) is 0 Å². The Morgan fingerprint density at radius 1 is 1.19 bits per heavy atom. The number of carbonyl (C=O) groups is 1. The average Bonchev–Trinajstić information content (AvgIpc) is 3.36. The molecule has 2 aliphatic rings. The van der Waals surface area contributed by atoms with E-state index in [1.807, 2.05) is 17.3 Å². The van der Waals surface area contributed by atoms with Crippen LogP contribution in [-0.4, -0.2) is 62.6 Å². The highest BCUT2D eigenvalue weighted by atomic mass is 32.1. The van der Waals surface area contributed by atoms with Crippen LogP contribution in [0, 0.1) is 5.92 Å². The van der Waals surface area contributed by atoms with E-state index in [1.54, 1.807) is 17.5 Å². The summed E-state index contributed by atoms with van der Waals surface area (Å²) in [5.41, 5.74) is 3.02. The number of rotatable bonds is 3. The molecule has 0 radical (unpaired) electrons. The number of aromatic nitrogens is 3. The van der Waals surface area contributed by atoms with Crippen LogP contribution in [0.1, 0.15) is 12.8 Å². The van der Waals surface area contributed by atoms with E-state index in [0.29, 0.717) is 25.9 Å². The minimum Gasteiger partial charge on any atom is -0.393 e. The molecule has 140 valence electrons. The number of aliphatic hydroxyl groups is 1. The maximum Gasteiger partial charge on any atom is 0.226 e. The lowest BCUT2D eigenvalue weighted by Gasteiger charge is -2.39. The number of thiophene rings is 1. The van der Waals surface area contributed by atoms with Gasteiger partial charge in [-0.15, -0.1) is 0 Å². The summed E-state index contributed by atoms with van der Waals surface area (Å²) in [7, 11) is 0. The molecule has 0 spiro atoms. The summed E-state index contributed by atoms with van der Waals surface area (Å²) in [6.45, 7) is 2.86. The second kappa shape index (κ2) is 6.61. The molecule has 5 rings (SSSR count). The molecule has 0 aromatic carbocycles. The molecule has 1 amide bonds. The summed E-state index contributed by atoms with van der Waals surface area (Å²) in [4.78, 5) is 25.9. The zero-order chi connectivity index (χ0) is 18.4. The first-order valence-corrected chi connectivity index (χ1v) is 10.2. The van der Waals surface area contributed by atoms with Crippen LogP contribution in [0.15, 0.2) is 35.4 Å². The van der Waals surface area contributed by atoms with Crippen LogP contribution < -0.4 is 4.90 Å². The molecule has 3 aromatic heterocycles. The summed E-state index contributed by atoms with van der Waals surface area (Å²) >= 11 is 1.66. The first-order valence-electron chi connectivity index (χ1n) is 9.27. The molecule has 8 heteroatoms. The normalized spacial score (nSPS) is 22.9. The fraction of sp³-hybridized carbons (Fsp3) is 0.421. The lowest BCUT2D eigenvalue weighted by molar-refractivity contribution is -0.142. The smallest absolute Gasteiger partial charge is 0.226 e. The van der Waals surface area contributed by atoms with E-state index < -0.39 is 0 Å². The van der Waals surface area contributed by atoms with E-state index in [2.05, 4.69) is 31.1 Å². The molecule has 1 saturated carbocycles. The van der Waals surface area contributed by atoms with Gasteiger partial charge in [0.1, 0.15) is 0 Å². The Kier molecular flexibility index (Phi) is 4.09. The van der Waals surface area contributed by atoms with Gasteiger partial charge in [-0.25, -0.2) is 9.97 Å². The van der Waals surface area contributed by atoms with Crippen molar-refractivity contribution in [2.45, 2.75) is 18.9 Å². The van der Waals surface area contributed by atoms with Crippen LogP contribution in [0.4, 0.5) is 5.82 Å². The van der Waals surface area contributed by atoms with Gasteiger partial charge in [0.15, 0.2) is 11.5 Å². The molecule has 3 aromatic rings. The van der Waals surface area contributed by atoms with Gasteiger partial charge in [-0.3, -0.25) is 9.20 Å². The van der Waals surface area contributed by atoms with E-state index >= 15 is 0 Å². The zero-order valence-corrected chi connectivity index (χ0v) is 15.7. The Bertz CT molecular complexity index is 956. The molecule has 0 atom stereocenters. The highest BCUT2D eigenvalue weighted by Crippen LogP contribution is 2.30. The lowest BCUT2D eigenvalue weighted by Crippen LogP contribution is -2.52. The van der Waals surface area contributed by atoms with E-state index in [-0.39, 0.29) is 17.9 Å². The predicted molar refractivity (Wildman–Crippen MR) is 104 cm³/mol. The third kappa shape index (κ3) is 2.89. The highest BCUT2D eigenvalue weighted by Gasteiger charge is 2.36. The Hall–Kier alpha value is -2.45. The van der Waals surface area contributed by atoms with Gasteiger partial charge in [0.2, 0.25) is 5.91 Å². The highest BCUT2D eigenvalue weighted by molar-refractivity contribution is 7.08. The van der Waals surface area contributed by atoms with Crippen molar-refractivity contribution in [1.29, 1.82) is 0 Å². The van der Waals surface area contributed by atoms with Crippen LogP contribution in [0.25, 0.3) is 16.9 Å². The fourth-order valence-electron chi connectivity index (χ4n) is 3.94. The minimum absolute atomic E-state index is 0.00794. The van der Waals surface area contributed by atoms with Crippen LogP contribution in [0.5, 0.6) is 0 Å². The number of hydrogen-bond acceptors (Lipinski definition) is 6. The van der Waals surface area contributed by atoms with Crippen LogP contribution in [-0.2, 0) is 4.79 Å². The van der Waals surface area contributed by atoms with Gasteiger partial charge in [-0.05, 0) is 24.3 Å². The summed E-state index contributed by atoms with van der Waals surface area (Å²) < 4.78 is 2.08. The molecule has 4 heterocycles. The maximum absolute atomic E-state index is 12.5. The molecular formula is C19H21N5O2S. The molecule has 0 bridgehead atoms. The Balaban J connectivity index is 1.34. The minimum atomic E-state index is -0.292. The SMILES string of the molecule is O=C(C1CC(O)C1)N1CCN(c2ncc(-c3ccsc3)n3ccnc23)CC1. The average molecular weight is 383 g/mol. The first-order chi connectivity index (χ1) is 13.2. The van der Waals surface area contributed by atoms with Gasteiger partial charge in [-0.1, -0.05) is 0 Å². The summed E-state index contributed by atoms with van der Waals surface area (Å²) in [6, 6.07) is 2.09. The predicted octanol–water partition coefficient (Wildman–Crippen LogP) is 1.88.